The van der Waals surface area contributed by atoms with Crippen LogP contribution in [0.3, 0.4) is 0 Å². The van der Waals surface area contributed by atoms with E-state index >= 15 is 0 Å². The van der Waals surface area contributed by atoms with Crippen LogP contribution in [0.15, 0.2) is 121 Å². The quantitative estimate of drug-likeness (QED) is 0.228. The van der Waals surface area contributed by atoms with Gasteiger partial charge in [0, 0.05) is 12.5 Å². The lowest BCUT2D eigenvalue weighted by Gasteiger charge is -2.35. The Labute approximate surface area is 224 Å². The number of benzene rings is 4. The van der Waals surface area contributed by atoms with Crippen molar-refractivity contribution in [3.8, 4) is 0 Å². The van der Waals surface area contributed by atoms with E-state index in [-0.39, 0.29) is 18.1 Å². The smallest absolute Gasteiger partial charge is 0.245 e. The zero-order chi connectivity index (χ0) is 26.8. The standard InChI is InChI=1S/C33H35N3O2/c34-23-13-22-33(32(35)38,31(37)30(27-18-9-3-10-19-27)28-20-11-4-12-21-28)36-24-29(25-14-5-1-6-15-25)26-16-7-2-8-17-26/h1-12,14-21,29-30,36H,13,22-24,34H2,(H2,35,38)/t33-/m1/s1. The number of amides is 1. The molecule has 5 nitrogen and oxygen atoms in total. The summed E-state index contributed by atoms with van der Waals surface area (Å²) in [6.45, 7) is 0.690. The fourth-order valence-electron chi connectivity index (χ4n) is 5.11. The van der Waals surface area contributed by atoms with Crippen LogP contribution in [0.5, 0.6) is 0 Å². The molecule has 4 aromatic rings. The number of hydrogen-bond acceptors (Lipinski definition) is 4. The van der Waals surface area contributed by atoms with Gasteiger partial charge in [0.15, 0.2) is 11.3 Å². The Morgan fingerprint density at radius 1 is 0.658 bits per heavy atom. The van der Waals surface area contributed by atoms with E-state index in [1.165, 1.54) is 0 Å². The maximum absolute atomic E-state index is 14.6. The molecule has 5 heteroatoms. The lowest BCUT2D eigenvalue weighted by Crippen LogP contribution is -2.63. The third-order valence-corrected chi connectivity index (χ3v) is 7.14. The number of Topliss-reactive ketones (excluding diaryl/α,β-unsaturated/α-hetero) is 1. The van der Waals surface area contributed by atoms with Crippen LogP contribution in [0.1, 0.15) is 46.9 Å². The van der Waals surface area contributed by atoms with Crippen molar-refractivity contribution in [1.29, 1.82) is 0 Å². The van der Waals surface area contributed by atoms with Gasteiger partial charge >= 0.3 is 0 Å². The van der Waals surface area contributed by atoms with Crippen molar-refractivity contribution in [2.24, 2.45) is 11.5 Å². The molecular formula is C33H35N3O2. The summed E-state index contributed by atoms with van der Waals surface area (Å²) in [5.41, 5.74) is 14.2. The highest BCUT2D eigenvalue weighted by Gasteiger charge is 2.47. The van der Waals surface area contributed by atoms with E-state index in [1.54, 1.807) is 0 Å². The zero-order valence-electron chi connectivity index (χ0n) is 21.5. The summed E-state index contributed by atoms with van der Waals surface area (Å²) in [7, 11) is 0. The molecule has 0 fully saturated rings. The number of nitrogens with two attached hydrogens (primary N) is 2. The molecule has 0 saturated carbocycles. The van der Waals surface area contributed by atoms with Gasteiger partial charge in [-0.05, 0) is 41.6 Å². The Kier molecular flexibility index (Phi) is 9.20. The van der Waals surface area contributed by atoms with Crippen molar-refractivity contribution in [3.63, 3.8) is 0 Å². The number of primary amides is 1. The van der Waals surface area contributed by atoms with Gasteiger partial charge < -0.3 is 11.5 Å². The molecule has 4 rings (SSSR count). The van der Waals surface area contributed by atoms with E-state index in [0.717, 1.165) is 22.3 Å². The second-order valence-corrected chi connectivity index (χ2v) is 9.54. The maximum atomic E-state index is 14.6. The number of hydrogen-bond donors (Lipinski definition) is 3. The number of rotatable bonds is 13. The Balaban J connectivity index is 1.77. The normalized spacial score (nSPS) is 12.8. The topological polar surface area (TPSA) is 98.2 Å². The SMILES string of the molecule is NCCC[C@](NCC(c1ccccc1)c1ccccc1)(C(N)=O)C(=O)C(c1ccccc1)c1ccccc1. The first kappa shape index (κ1) is 27.0. The van der Waals surface area contributed by atoms with E-state index in [1.807, 2.05) is 97.1 Å². The minimum atomic E-state index is -1.60. The Hall–Kier alpha value is -4.06. The number of carbonyl (C=O) groups excluding carboxylic acids is 2. The van der Waals surface area contributed by atoms with Crippen LogP contribution in [0.2, 0.25) is 0 Å². The molecule has 1 atom stereocenters. The molecule has 0 aliphatic heterocycles. The van der Waals surface area contributed by atoms with Crippen molar-refractivity contribution in [2.45, 2.75) is 30.2 Å². The molecule has 0 aromatic heterocycles. The summed E-state index contributed by atoms with van der Waals surface area (Å²) in [5.74, 6) is -1.71. The third kappa shape index (κ3) is 6.08. The number of nitrogens with one attached hydrogen (secondary N) is 1. The highest BCUT2D eigenvalue weighted by atomic mass is 16.2. The van der Waals surface area contributed by atoms with Crippen molar-refractivity contribution in [3.05, 3.63) is 144 Å². The summed E-state index contributed by atoms with van der Waals surface area (Å²) in [5, 5.41) is 3.40. The van der Waals surface area contributed by atoms with Crippen molar-refractivity contribution < 1.29 is 9.59 Å². The lowest BCUT2D eigenvalue weighted by atomic mass is 9.75. The van der Waals surface area contributed by atoms with Crippen LogP contribution in [0.4, 0.5) is 0 Å². The molecule has 0 aliphatic rings. The molecule has 1 amide bonds. The molecule has 5 N–H and O–H groups in total. The molecule has 0 spiro atoms. The monoisotopic (exact) mass is 505 g/mol. The van der Waals surface area contributed by atoms with E-state index < -0.39 is 17.4 Å². The van der Waals surface area contributed by atoms with Crippen molar-refractivity contribution in [1.82, 2.24) is 5.32 Å². The van der Waals surface area contributed by atoms with Crippen molar-refractivity contribution in [2.75, 3.05) is 13.1 Å². The van der Waals surface area contributed by atoms with Crippen LogP contribution in [0.25, 0.3) is 0 Å². The van der Waals surface area contributed by atoms with Gasteiger partial charge in [-0.15, -0.1) is 0 Å². The Bertz CT molecular complexity index is 1220. The molecule has 0 radical (unpaired) electrons. The van der Waals surface area contributed by atoms with Crippen molar-refractivity contribution >= 4 is 11.7 Å². The molecular weight excluding hydrogens is 470 g/mol. The highest BCUT2D eigenvalue weighted by molar-refractivity contribution is 6.13. The molecule has 0 heterocycles. The van der Waals surface area contributed by atoms with Gasteiger partial charge in [-0.25, -0.2) is 0 Å². The minimum absolute atomic E-state index is 0.0892. The molecule has 0 unspecified atom stereocenters. The van der Waals surface area contributed by atoms with Crippen LogP contribution < -0.4 is 16.8 Å². The van der Waals surface area contributed by atoms with Gasteiger partial charge in [-0.1, -0.05) is 121 Å². The van der Waals surface area contributed by atoms with Gasteiger partial charge in [-0.2, -0.15) is 0 Å². The van der Waals surface area contributed by atoms with Gasteiger partial charge in [0.1, 0.15) is 0 Å². The first-order valence-corrected chi connectivity index (χ1v) is 13.1. The van der Waals surface area contributed by atoms with Crippen LogP contribution in [-0.4, -0.2) is 30.3 Å². The largest absolute Gasteiger partial charge is 0.368 e. The average molecular weight is 506 g/mol. The predicted molar refractivity (Wildman–Crippen MR) is 153 cm³/mol. The zero-order valence-corrected chi connectivity index (χ0v) is 21.5. The molecule has 194 valence electrons. The average Bonchev–Trinajstić information content (AvgIpc) is 2.97. The summed E-state index contributed by atoms with van der Waals surface area (Å²) >= 11 is 0. The third-order valence-electron chi connectivity index (χ3n) is 7.14. The van der Waals surface area contributed by atoms with Gasteiger partial charge in [0.25, 0.3) is 0 Å². The molecule has 0 bridgehead atoms. The van der Waals surface area contributed by atoms with Crippen LogP contribution in [-0.2, 0) is 9.59 Å². The van der Waals surface area contributed by atoms with Crippen LogP contribution >= 0.6 is 0 Å². The Morgan fingerprint density at radius 3 is 1.42 bits per heavy atom. The molecule has 38 heavy (non-hydrogen) atoms. The predicted octanol–water partition coefficient (Wildman–Crippen LogP) is 4.77. The number of carbonyl (C=O) groups is 2. The molecule has 0 aliphatic carbocycles. The van der Waals surface area contributed by atoms with Gasteiger partial charge in [0.05, 0.1) is 5.92 Å². The molecule has 4 aromatic carbocycles. The second-order valence-electron chi connectivity index (χ2n) is 9.54. The Morgan fingerprint density at radius 2 is 1.05 bits per heavy atom. The van der Waals surface area contributed by atoms with E-state index in [0.29, 0.717) is 19.5 Å². The highest BCUT2D eigenvalue weighted by Crippen LogP contribution is 2.33. The molecule has 0 saturated heterocycles. The maximum Gasteiger partial charge on any atom is 0.245 e. The second kappa shape index (κ2) is 13.0. The van der Waals surface area contributed by atoms with E-state index in [2.05, 4.69) is 29.6 Å². The van der Waals surface area contributed by atoms with Crippen LogP contribution in [0, 0.1) is 0 Å². The fourth-order valence-corrected chi connectivity index (χ4v) is 5.11. The first-order valence-electron chi connectivity index (χ1n) is 13.1. The van der Waals surface area contributed by atoms with Gasteiger partial charge in [-0.3, -0.25) is 14.9 Å². The summed E-state index contributed by atoms with van der Waals surface area (Å²) in [6.07, 6.45) is 0.684. The summed E-state index contributed by atoms with van der Waals surface area (Å²) in [6, 6.07) is 39.3. The number of ketones is 1. The first-order chi connectivity index (χ1) is 18.6. The summed E-state index contributed by atoms with van der Waals surface area (Å²) < 4.78 is 0. The fraction of sp³-hybridized carbons (Fsp3) is 0.212. The van der Waals surface area contributed by atoms with Gasteiger partial charge in [0.2, 0.25) is 5.91 Å². The summed E-state index contributed by atoms with van der Waals surface area (Å²) in [4.78, 5) is 27.9. The minimum Gasteiger partial charge on any atom is -0.368 e. The van der Waals surface area contributed by atoms with E-state index in [9.17, 15) is 9.59 Å². The lowest BCUT2D eigenvalue weighted by molar-refractivity contribution is -0.136. The van der Waals surface area contributed by atoms with E-state index in [4.69, 9.17) is 11.5 Å².